The molecule has 1 amide bonds. The molecule has 3 heteroatoms. The highest BCUT2D eigenvalue weighted by Crippen LogP contribution is 2.40. The summed E-state index contributed by atoms with van der Waals surface area (Å²) in [5.74, 6) is -0.0802. The van der Waals surface area contributed by atoms with Crippen molar-refractivity contribution in [3.8, 4) is 5.75 Å². The Kier molecular flexibility index (Phi) is 5.11. The van der Waals surface area contributed by atoms with Crippen LogP contribution >= 0.6 is 0 Å². The minimum absolute atomic E-state index is 0.152. The van der Waals surface area contributed by atoms with E-state index in [9.17, 15) is 9.90 Å². The Morgan fingerprint density at radius 3 is 1.82 bits per heavy atom. The van der Waals surface area contributed by atoms with Crippen LogP contribution in [0.25, 0.3) is 0 Å². The van der Waals surface area contributed by atoms with Crippen LogP contribution in [0.3, 0.4) is 0 Å². The molecule has 1 aromatic rings. The maximum atomic E-state index is 11.1. The maximum absolute atomic E-state index is 11.1. The van der Waals surface area contributed by atoms with Crippen molar-refractivity contribution in [2.24, 2.45) is 5.73 Å². The number of nitrogens with two attached hydrogens (primary N) is 1. The first kappa shape index (κ1) is 18.3. The largest absolute Gasteiger partial charge is 0.507 e. The molecule has 0 fully saturated rings. The highest BCUT2D eigenvalue weighted by atomic mass is 16.3. The van der Waals surface area contributed by atoms with E-state index in [1.54, 1.807) is 0 Å². The van der Waals surface area contributed by atoms with Crippen molar-refractivity contribution in [1.29, 1.82) is 0 Å². The van der Waals surface area contributed by atoms with Crippen LogP contribution < -0.4 is 5.73 Å². The van der Waals surface area contributed by atoms with E-state index in [2.05, 4.69) is 48.1 Å². The zero-order chi connectivity index (χ0) is 17.3. The van der Waals surface area contributed by atoms with Crippen molar-refractivity contribution in [1.82, 2.24) is 0 Å². The van der Waals surface area contributed by atoms with E-state index in [1.165, 1.54) is 0 Å². The molecule has 0 aliphatic rings. The molecule has 0 aliphatic carbocycles. The number of hydrogen-bond acceptors (Lipinski definition) is 2. The highest BCUT2D eigenvalue weighted by Gasteiger charge is 2.26. The highest BCUT2D eigenvalue weighted by molar-refractivity contribution is 5.91. The monoisotopic (exact) mass is 303 g/mol. The minimum Gasteiger partial charge on any atom is -0.507 e. The molecule has 22 heavy (non-hydrogen) atoms. The Hall–Kier alpha value is -1.77. The van der Waals surface area contributed by atoms with Crippen LogP contribution in [0.5, 0.6) is 5.75 Å². The van der Waals surface area contributed by atoms with Crippen molar-refractivity contribution < 1.29 is 9.90 Å². The van der Waals surface area contributed by atoms with Gasteiger partial charge in [-0.15, -0.1) is 0 Å². The fraction of sp³-hybridized carbons (Fsp3) is 0.526. The molecule has 0 spiro atoms. The first-order valence-electron chi connectivity index (χ1n) is 7.68. The summed E-state index contributed by atoms with van der Waals surface area (Å²) in [5, 5.41) is 10.7. The Balaban J connectivity index is 3.30. The lowest BCUT2D eigenvalue weighted by atomic mass is 9.78. The van der Waals surface area contributed by atoms with E-state index in [4.69, 9.17) is 5.73 Å². The van der Waals surface area contributed by atoms with Crippen molar-refractivity contribution >= 4 is 5.91 Å². The van der Waals surface area contributed by atoms with E-state index < -0.39 is 5.91 Å². The molecule has 0 radical (unpaired) electrons. The number of amides is 1. The van der Waals surface area contributed by atoms with Crippen LogP contribution in [0.1, 0.15) is 64.7 Å². The second-order valence-corrected chi connectivity index (χ2v) is 8.01. The topological polar surface area (TPSA) is 63.3 Å². The number of primary amides is 1. The van der Waals surface area contributed by atoms with Gasteiger partial charge < -0.3 is 10.8 Å². The fourth-order valence-corrected chi connectivity index (χ4v) is 2.40. The number of benzene rings is 1. The number of phenols is 1. The van der Waals surface area contributed by atoms with Crippen molar-refractivity contribution in [2.75, 3.05) is 0 Å². The predicted octanol–water partition coefficient (Wildman–Crippen LogP) is 3.96. The van der Waals surface area contributed by atoms with Crippen LogP contribution in [0, 0.1) is 0 Å². The van der Waals surface area contributed by atoms with Crippen LogP contribution in [-0.4, -0.2) is 11.0 Å². The van der Waals surface area contributed by atoms with Gasteiger partial charge in [0.2, 0.25) is 5.91 Å². The summed E-state index contributed by atoms with van der Waals surface area (Å²) in [6, 6.07) is 4.05. The third-order valence-corrected chi connectivity index (χ3v) is 3.85. The zero-order valence-corrected chi connectivity index (χ0v) is 14.7. The van der Waals surface area contributed by atoms with Crippen LogP contribution in [0.2, 0.25) is 0 Å². The molecule has 0 aromatic heterocycles. The zero-order valence-electron chi connectivity index (χ0n) is 14.7. The quantitative estimate of drug-likeness (QED) is 0.827. The minimum atomic E-state index is -0.453. The second kappa shape index (κ2) is 6.15. The number of carbonyl (C=O) groups is 1. The molecule has 3 nitrogen and oxygen atoms in total. The van der Waals surface area contributed by atoms with Gasteiger partial charge in [-0.2, -0.15) is 0 Å². The SMILES string of the molecule is C=C(CCc1cc(C(C)(C)C)c(O)c(C(C)(C)C)c1)C(N)=O. The van der Waals surface area contributed by atoms with Crippen LogP contribution in [0.4, 0.5) is 0 Å². The van der Waals surface area contributed by atoms with E-state index in [-0.39, 0.29) is 10.8 Å². The summed E-state index contributed by atoms with van der Waals surface area (Å²) in [6.07, 6.45) is 1.22. The smallest absolute Gasteiger partial charge is 0.244 e. The summed E-state index contributed by atoms with van der Waals surface area (Å²) in [6.45, 7) is 16.2. The molecule has 1 aromatic carbocycles. The van der Waals surface area contributed by atoms with Gasteiger partial charge >= 0.3 is 0 Å². The molecule has 0 unspecified atom stereocenters. The lowest BCUT2D eigenvalue weighted by molar-refractivity contribution is -0.114. The molecule has 0 saturated carbocycles. The molecule has 0 bridgehead atoms. The van der Waals surface area contributed by atoms with Crippen molar-refractivity contribution in [3.05, 3.63) is 41.0 Å². The molecular weight excluding hydrogens is 274 g/mol. The average molecular weight is 303 g/mol. The first-order chi connectivity index (χ1) is 9.84. The number of phenolic OH excluding ortho intramolecular Hbond substituents is 1. The van der Waals surface area contributed by atoms with Crippen LogP contribution in [-0.2, 0) is 22.0 Å². The lowest BCUT2D eigenvalue weighted by Crippen LogP contribution is -2.18. The van der Waals surface area contributed by atoms with E-state index >= 15 is 0 Å². The standard InChI is InChI=1S/C19H29NO2/c1-12(17(20)22)8-9-13-10-14(18(2,3)4)16(21)15(11-13)19(5,6)7/h10-11,21H,1,8-9H2,2-7H3,(H2,20,22). The van der Waals surface area contributed by atoms with Crippen molar-refractivity contribution in [3.63, 3.8) is 0 Å². The third-order valence-electron chi connectivity index (χ3n) is 3.85. The van der Waals surface area contributed by atoms with Gasteiger partial charge in [0.1, 0.15) is 5.75 Å². The Labute approximate surface area is 134 Å². The molecule has 0 aliphatic heterocycles. The number of hydrogen-bond donors (Lipinski definition) is 2. The van der Waals surface area contributed by atoms with Crippen LogP contribution in [0.15, 0.2) is 24.3 Å². The van der Waals surface area contributed by atoms with Gasteiger partial charge in [-0.05, 0) is 40.4 Å². The van der Waals surface area contributed by atoms with E-state index in [1.807, 2.05) is 12.1 Å². The molecular formula is C19H29NO2. The Morgan fingerprint density at radius 2 is 1.50 bits per heavy atom. The normalized spacial score (nSPS) is 12.3. The maximum Gasteiger partial charge on any atom is 0.244 e. The molecule has 0 atom stereocenters. The molecule has 3 N–H and O–H groups in total. The molecule has 1 rings (SSSR count). The number of carbonyl (C=O) groups excluding carboxylic acids is 1. The Bertz CT molecular complexity index is 551. The summed E-state index contributed by atoms with van der Waals surface area (Å²) in [5.41, 5.74) is 8.33. The molecule has 0 heterocycles. The van der Waals surface area contributed by atoms with Gasteiger partial charge in [0.15, 0.2) is 0 Å². The van der Waals surface area contributed by atoms with Gasteiger partial charge in [0.05, 0.1) is 0 Å². The predicted molar refractivity (Wildman–Crippen MR) is 92.2 cm³/mol. The van der Waals surface area contributed by atoms with E-state index in [0.717, 1.165) is 16.7 Å². The van der Waals surface area contributed by atoms with Gasteiger partial charge in [-0.25, -0.2) is 0 Å². The Morgan fingerprint density at radius 1 is 1.09 bits per heavy atom. The summed E-state index contributed by atoms with van der Waals surface area (Å²) in [4.78, 5) is 11.1. The van der Waals surface area contributed by atoms with Crippen molar-refractivity contribution in [2.45, 2.75) is 65.2 Å². The number of aryl methyl sites for hydroxylation is 1. The fourth-order valence-electron chi connectivity index (χ4n) is 2.40. The van der Waals surface area contributed by atoms with E-state index in [0.29, 0.717) is 24.2 Å². The summed E-state index contributed by atoms with van der Waals surface area (Å²) >= 11 is 0. The third kappa shape index (κ3) is 4.36. The van der Waals surface area contributed by atoms with Gasteiger partial charge in [0, 0.05) is 5.57 Å². The first-order valence-corrected chi connectivity index (χ1v) is 7.68. The molecule has 122 valence electrons. The average Bonchev–Trinajstić information content (AvgIpc) is 2.33. The molecule has 0 saturated heterocycles. The second-order valence-electron chi connectivity index (χ2n) is 8.01. The van der Waals surface area contributed by atoms with Gasteiger partial charge in [-0.3, -0.25) is 4.79 Å². The van der Waals surface area contributed by atoms with Gasteiger partial charge in [0.25, 0.3) is 0 Å². The summed E-state index contributed by atoms with van der Waals surface area (Å²) < 4.78 is 0. The number of rotatable bonds is 4. The van der Waals surface area contributed by atoms with Gasteiger partial charge in [-0.1, -0.05) is 60.3 Å². The number of aromatic hydroxyl groups is 1. The summed E-state index contributed by atoms with van der Waals surface area (Å²) in [7, 11) is 0. The lowest BCUT2D eigenvalue weighted by Gasteiger charge is -2.28.